The molecular formula is C32H22BrClN4O5. The highest BCUT2D eigenvalue weighted by atomic mass is 79.9. The average Bonchev–Trinajstić information content (AvgIpc) is 3.44. The Kier molecular flexibility index (Phi) is 7.95. The van der Waals surface area contributed by atoms with E-state index in [1.807, 2.05) is 30.3 Å². The lowest BCUT2D eigenvalue weighted by Gasteiger charge is -2.12. The molecule has 0 radical (unpaired) electrons. The summed E-state index contributed by atoms with van der Waals surface area (Å²) in [5, 5.41) is 9.08. The number of aromatic nitrogens is 2. The molecule has 0 atom stereocenters. The van der Waals surface area contributed by atoms with Crippen LogP contribution in [0.1, 0.15) is 5.56 Å². The van der Waals surface area contributed by atoms with Gasteiger partial charge in [0, 0.05) is 20.6 Å². The summed E-state index contributed by atoms with van der Waals surface area (Å²) in [6.07, 6.45) is 1.51. The maximum atomic E-state index is 13.6. The fourth-order valence-corrected chi connectivity index (χ4v) is 4.90. The van der Waals surface area contributed by atoms with Crippen molar-refractivity contribution in [3.63, 3.8) is 0 Å². The number of fused-ring (bicyclic) bond motifs is 2. The van der Waals surface area contributed by atoms with Crippen molar-refractivity contribution in [1.82, 2.24) is 9.66 Å². The summed E-state index contributed by atoms with van der Waals surface area (Å²) >= 11 is 9.37. The molecule has 1 amide bonds. The van der Waals surface area contributed by atoms with Gasteiger partial charge in [-0.25, -0.2) is 4.98 Å². The summed E-state index contributed by atoms with van der Waals surface area (Å²) < 4.78 is 19.4. The summed E-state index contributed by atoms with van der Waals surface area (Å²) in [5.74, 6) is 1.06. The van der Waals surface area contributed by atoms with Gasteiger partial charge >= 0.3 is 0 Å². The number of benzene rings is 4. The van der Waals surface area contributed by atoms with Crippen molar-refractivity contribution in [3.05, 3.63) is 116 Å². The number of carbonyl (C=O) groups is 1. The van der Waals surface area contributed by atoms with E-state index >= 15 is 0 Å². The van der Waals surface area contributed by atoms with Crippen molar-refractivity contribution in [1.29, 1.82) is 0 Å². The van der Waals surface area contributed by atoms with Gasteiger partial charge in [0.2, 0.25) is 5.82 Å². The molecule has 11 heteroatoms. The number of hydrogen-bond acceptors (Lipinski definition) is 7. The van der Waals surface area contributed by atoms with Crippen LogP contribution in [0.2, 0.25) is 5.02 Å². The summed E-state index contributed by atoms with van der Waals surface area (Å²) in [6.45, 7) is -0.234. The second-order valence-corrected chi connectivity index (χ2v) is 10.7. The number of nitrogens with one attached hydrogen (secondary N) is 1. The van der Waals surface area contributed by atoms with Crippen molar-refractivity contribution < 1.29 is 18.7 Å². The van der Waals surface area contributed by atoms with Crippen LogP contribution in [0.25, 0.3) is 33.5 Å². The minimum absolute atomic E-state index is 0.234. The lowest BCUT2D eigenvalue weighted by atomic mass is 10.2. The molecule has 0 fully saturated rings. The SMILES string of the molecule is COc1cc(C=Nn2c(-c3cc4cc(Br)ccc4o3)nc3ccccc3c2=O)ccc1OCC(=O)Nc1ccc(Cl)cc1. The van der Waals surface area contributed by atoms with Crippen LogP contribution < -0.4 is 20.3 Å². The highest BCUT2D eigenvalue weighted by Gasteiger charge is 2.17. The van der Waals surface area contributed by atoms with E-state index in [2.05, 4.69) is 26.3 Å². The normalized spacial score (nSPS) is 11.3. The number of rotatable bonds is 8. The molecule has 6 rings (SSSR count). The highest BCUT2D eigenvalue weighted by Crippen LogP contribution is 2.30. The van der Waals surface area contributed by atoms with E-state index in [1.165, 1.54) is 18.0 Å². The van der Waals surface area contributed by atoms with E-state index in [-0.39, 0.29) is 23.9 Å². The molecule has 6 aromatic rings. The topological polar surface area (TPSA) is 108 Å². The summed E-state index contributed by atoms with van der Waals surface area (Å²) in [4.78, 5) is 30.6. The first-order valence-corrected chi connectivity index (χ1v) is 14.2. The first-order chi connectivity index (χ1) is 20.9. The van der Waals surface area contributed by atoms with E-state index in [0.717, 1.165) is 9.86 Å². The molecule has 2 heterocycles. The van der Waals surface area contributed by atoms with Gasteiger partial charge in [-0.15, -0.1) is 0 Å². The number of anilines is 1. The van der Waals surface area contributed by atoms with Gasteiger partial charge in [0.15, 0.2) is 23.9 Å². The largest absolute Gasteiger partial charge is 0.493 e. The zero-order valence-electron chi connectivity index (χ0n) is 22.6. The number of para-hydroxylation sites is 1. The van der Waals surface area contributed by atoms with Crippen molar-refractivity contribution in [2.24, 2.45) is 5.10 Å². The molecule has 0 saturated heterocycles. The molecule has 0 aliphatic rings. The van der Waals surface area contributed by atoms with Gasteiger partial charge in [-0.3, -0.25) is 9.59 Å². The Balaban J connectivity index is 1.28. The quantitative estimate of drug-likeness (QED) is 0.175. The molecule has 4 aromatic carbocycles. The third-order valence-corrected chi connectivity index (χ3v) is 7.19. The van der Waals surface area contributed by atoms with E-state index in [1.54, 1.807) is 60.7 Å². The zero-order chi connectivity index (χ0) is 29.9. The molecule has 0 spiro atoms. The lowest BCUT2D eigenvalue weighted by Crippen LogP contribution is -2.20. The van der Waals surface area contributed by atoms with Crippen LogP contribution in [0.5, 0.6) is 11.5 Å². The Bertz CT molecular complexity index is 2070. The van der Waals surface area contributed by atoms with Crippen LogP contribution in [-0.2, 0) is 4.79 Å². The number of carbonyl (C=O) groups excluding carboxylic acids is 1. The standard InChI is InChI=1S/C32H22BrClN4O5/c1-41-28-14-19(6-12-27(28)42-18-30(39)36-23-10-8-22(34)9-11-23)17-35-38-31(37-25-5-3-2-4-24(25)32(38)40)29-16-20-15-21(33)7-13-26(20)43-29/h2-17H,18H2,1H3,(H,36,39). The fourth-order valence-electron chi connectivity index (χ4n) is 4.40. The Labute approximate surface area is 258 Å². The fraction of sp³-hybridized carbons (Fsp3) is 0.0625. The summed E-state index contributed by atoms with van der Waals surface area (Å²) in [7, 11) is 1.49. The Morgan fingerprint density at radius 2 is 1.86 bits per heavy atom. The molecule has 43 heavy (non-hydrogen) atoms. The Morgan fingerprint density at radius 1 is 1.05 bits per heavy atom. The number of amides is 1. The van der Waals surface area contributed by atoms with Gasteiger partial charge < -0.3 is 19.2 Å². The van der Waals surface area contributed by atoms with Crippen LogP contribution >= 0.6 is 27.5 Å². The third-order valence-electron chi connectivity index (χ3n) is 6.45. The molecule has 214 valence electrons. The van der Waals surface area contributed by atoms with Crippen LogP contribution in [0.4, 0.5) is 5.69 Å². The molecule has 0 aliphatic heterocycles. The van der Waals surface area contributed by atoms with Crippen LogP contribution in [0.3, 0.4) is 0 Å². The monoisotopic (exact) mass is 656 g/mol. The number of ether oxygens (including phenoxy) is 2. The molecular weight excluding hydrogens is 636 g/mol. The molecule has 1 N–H and O–H groups in total. The van der Waals surface area contributed by atoms with Gasteiger partial charge in [-0.2, -0.15) is 9.78 Å². The predicted octanol–water partition coefficient (Wildman–Crippen LogP) is 7.13. The van der Waals surface area contributed by atoms with Gasteiger partial charge in [0.25, 0.3) is 11.5 Å². The zero-order valence-corrected chi connectivity index (χ0v) is 24.9. The number of methoxy groups -OCH3 is 1. The van der Waals surface area contributed by atoms with Gasteiger partial charge in [0.1, 0.15) is 5.58 Å². The van der Waals surface area contributed by atoms with Gasteiger partial charge in [-0.1, -0.05) is 39.7 Å². The maximum Gasteiger partial charge on any atom is 0.282 e. The van der Waals surface area contributed by atoms with E-state index in [4.69, 9.17) is 30.5 Å². The van der Waals surface area contributed by atoms with Crippen LogP contribution in [0, 0.1) is 0 Å². The molecule has 0 saturated carbocycles. The smallest absolute Gasteiger partial charge is 0.282 e. The number of nitrogens with zero attached hydrogens (tertiary/aromatic N) is 3. The van der Waals surface area contributed by atoms with E-state index in [0.29, 0.717) is 50.0 Å². The van der Waals surface area contributed by atoms with Crippen LogP contribution in [-0.4, -0.2) is 35.5 Å². The summed E-state index contributed by atoms with van der Waals surface area (Å²) in [6, 6.07) is 26.4. The van der Waals surface area contributed by atoms with Crippen LogP contribution in [0.15, 0.2) is 110 Å². The Morgan fingerprint density at radius 3 is 2.67 bits per heavy atom. The predicted molar refractivity (Wildman–Crippen MR) is 170 cm³/mol. The molecule has 9 nitrogen and oxygen atoms in total. The minimum Gasteiger partial charge on any atom is -0.493 e. The summed E-state index contributed by atoms with van der Waals surface area (Å²) in [5.41, 5.74) is 2.05. The second-order valence-electron chi connectivity index (χ2n) is 9.36. The molecule has 0 unspecified atom stereocenters. The van der Waals surface area contributed by atoms with E-state index < -0.39 is 0 Å². The number of halogens is 2. The number of furan rings is 1. The van der Waals surface area contributed by atoms with E-state index in [9.17, 15) is 9.59 Å². The first kappa shape index (κ1) is 28.2. The molecule has 0 bridgehead atoms. The maximum absolute atomic E-state index is 13.6. The first-order valence-electron chi connectivity index (χ1n) is 13.0. The van der Waals surface area contributed by atoms with Crippen molar-refractivity contribution in [3.8, 4) is 23.1 Å². The Hall–Kier alpha value is -4.93. The highest BCUT2D eigenvalue weighted by molar-refractivity contribution is 9.10. The number of hydrogen-bond donors (Lipinski definition) is 1. The van der Waals surface area contributed by atoms with Gasteiger partial charge in [0.05, 0.1) is 24.2 Å². The van der Waals surface area contributed by atoms with Crippen molar-refractivity contribution >= 4 is 67.2 Å². The van der Waals surface area contributed by atoms with Crippen molar-refractivity contribution in [2.75, 3.05) is 19.0 Å². The lowest BCUT2D eigenvalue weighted by molar-refractivity contribution is -0.118. The minimum atomic E-state index is -0.350. The molecule has 0 aliphatic carbocycles. The average molecular weight is 658 g/mol. The molecule has 2 aromatic heterocycles. The third kappa shape index (κ3) is 6.15. The second kappa shape index (κ2) is 12.1. The van der Waals surface area contributed by atoms with Crippen molar-refractivity contribution in [2.45, 2.75) is 0 Å². The van der Waals surface area contributed by atoms with Gasteiger partial charge in [-0.05, 0) is 84.4 Å².